The molecule has 3 atom stereocenters. The first-order valence-corrected chi connectivity index (χ1v) is 9.99. The first-order valence-electron chi connectivity index (χ1n) is 9.17. The summed E-state index contributed by atoms with van der Waals surface area (Å²) in [5, 5.41) is 2.85. The maximum Gasteiger partial charge on any atom is 0.350 e. The lowest BCUT2D eigenvalue weighted by Crippen LogP contribution is -2.46. The van der Waals surface area contributed by atoms with Crippen molar-refractivity contribution in [2.75, 3.05) is 11.9 Å². The van der Waals surface area contributed by atoms with Crippen LogP contribution < -0.4 is 5.32 Å². The maximum absolute atomic E-state index is 12.6. The van der Waals surface area contributed by atoms with E-state index in [1.165, 1.54) is 6.92 Å². The topological polar surface area (TPSA) is 106 Å². The molecule has 1 saturated carbocycles. The summed E-state index contributed by atoms with van der Waals surface area (Å²) in [5.41, 5.74) is 0.459. The van der Waals surface area contributed by atoms with E-state index in [9.17, 15) is 19.2 Å². The lowest BCUT2D eigenvalue weighted by atomic mass is 9.81. The van der Waals surface area contributed by atoms with E-state index in [2.05, 4.69) is 10.3 Å². The predicted octanol–water partition coefficient (Wildman–Crippen LogP) is 2.13. The van der Waals surface area contributed by atoms with E-state index in [1.807, 2.05) is 0 Å². The highest BCUT2D eigenvalue weighted by molar-refractivity contribution is 7.17. The summed E-state index contributed by atoms with van der Waals surface area (Å²) < 4.78 is 4.96. The molecule has 1 aromatic heterocycles. The van der Waals surface area contributed by atoms with Gasteiger partial charge in [-0.2, -0.15) is 0 Å². The lowest BCUT2D eigenvalue weighted by Gasteiger charge is -2.21. The minimum Gasteiger partial charge on any atom is -0.462 e. The van der Waals surface area contributed by atoms with Crippen molar-refractivity contribution >= 4 is 40.2 Å². The Hall–Kier alpha value is -2.29. The van der Waals surface area contributed by atoms with E-state index in [0.29, 0.717) is 23.4 Å². The van der Waals surface area contributed by atoms with Crippen molar-refractivity contribution in [3.63, 3.8) is 0 Å². The van der Waals surface area contributed by atoms with E-state index >= 15 is 0 Å². The van der Waals surface area contributed by atoms with Gasteiger partial charge in [0.1, 0.15) is 10.9 Å². The average Bonchev–Trinajstić information content (AvgIpc) is 3.13. The van der Waals surface area contributed by atoms with Crippen molar-refractivity contribution in [2.45, 2.75) is 52.5 Å². The molecule has 0 aromatic carbocycles. The third kappa shape index (κ3) is 3.60. The normalized spacial score (nSPS) is 23.1. The molecule has 1 saturated heterocycles. The minimum absolute atomic E-state index is 0.240. The highest BCUT2D eigenvalue weighted by Crippen LogP contribution is 2.39. The van der Waals surface area contributed by atoms with Crippen molar-refractivity contribution < 1.29 is 23.9 Å². The number of hydrogen-bond donors (Lipinski definition) is 1. The summed E-state index contributed by atoms with van der Waals surface area (Å²) in [7, 11) is 0. The quantitative estimate of drug-likeness (QED) is 0.607. The molecule has 1 aliphatic carbocycles. The third-order valence-corrected chi connectivity index (χ3v) is 6.18. The first-order chi connectivity index (χ1) is 12.8. The maximum atomic E-state index is 12.6. The van der Waals surface area contributed by atoms with Crippen molar-refractivity contribution in [1.29, 1.82) is 0 Å². The van der Waals surface area contributed by atoms with Gasteiger partial charge in [0.15, 0.2) is 5.13 Å². The van der Waals surface area contributed by atoms with Gasteiger partial charge in [0.25, 0.3) is 0 Å². The molecule has 2 aliphatic rings. The van der Waals surface area contributed by atoms with Crippen LogP contribution in [0, 0.1) is 18.8 Å². The number of carbonyl (C=O) groups excluding carboxylic acids is 4. The Labute approximate surface area is 161 Å². The van der Waals surface area contributed by atoms with E-state index in [4.69, 9.17) is 4.74 Å². The van der Waals surface area contributed by atoms with Crippen molar-refractivity contribution in [3.8, 4) is 0 Å². The number of aromatic nitrogens is 1. The number of aryl methyl sites for hydroxylation is 1. The highest BCUT2D eigenvalue weighted by Gasteiger charge is 2.50. The molecule has 3 rings (SSSR count). The Morgan fingerprint density at radius 3 is 2.41 bits per heavy atom. The molecule has 1 N–H and O–H groups in total. The summed E-state index contributed by atoms with van der Waals surface area (Å²) in [6.45, 7) is 5.14. The number of thiazole rings is 1. The number of carbonyl (C=O) groups is 4. The van der Waals surface area contributed by atoms with Gasteiger partial charge in [0.05, 0.1) is 24.1 Å². The minimum atomic E-state index is -0.925. The molecule has 0 bridgehead atoms. The molecule has 1 aliphatic heterocycles. The zero-order valence-electron chi connectivity index (χ0n) is 15.6. The second-order valence-electron chi connectivity index (χ2n) is 6.86. The Balaban J connectivity index is 1.71. The number of imide groups is 1. The number of hydrogen-bond acceptors (Lipinski definition) is 7. The smallest absolute Gasteiger partial charge is 0.350 e. The Morgan fingerprint density at radius 1 is 1.26 bits per heavy atom. The number of fused-ring (bicyclic) bond motifs is 1. The van der Waals surface area contributed by atoms with Crippen LogP contribution in [0.4, 0.5) is 5.13 Å². The van der Waals surface area contributed by atoms with E-state index in [1.54, 1.807) is 13.8 Å². The summed E-state index contributed by atoms with van der Waals surface area (Å²) in [6, 6.07) is -0.925. The van der Waals surface area contributed by atoms with Crippen molar-refractivity contribution in [2.24, 2.45) is 11.8 Å². The SMILES string of the molecule is CCOC(=O)c1sc(NC(=O)[C@@H](C)N2C(=O)[C@H]3CCCC[C@@H]3C2=O)nc1C. The van der Waals surface area contributed by atoms with Crippen LogP contribution in [0.15, 0.2) is 0 Å². The van der Waals surface area contributed by atoms with Gasteiger partial charge in [0.2, 0.25) is 17.7 Å². The monoisotopic (exact) mass is 393 g/mol. The van der Waals surface area contributed by atoms with Crippen LogP contribution in [-0.4, -0.2) is 46.2 Å². The number of rotatable bonds is 5. The fourth-order valence-electron chi connectivity index (χ4n) is 3.73. The Kier molecular flexibility index (Phi) is 5.59. The van der Waals surface area contributed by atoms with Crippen LogP contribution >= 0.6 is 11.3 Å². The zero-order chi connectivity index (χ0) is 19.7. The number of ether oxygens (including phenoxy) is 1. The van der Waals surface area contributed by atoms with Crippen LogP contribution in [0.5, 0.6) is 0 Å². The summed E-state index contributed by atoms with van der Waals surface area (Å²) in [5.74, 6) is -2.09. The molecule has 0 radical (unpaired) electrons. The Bertz CT molecular complexity index is 766. The molecule has 8 nitrogen and oxygen atoms in total. The predicted molar refractivity (Wildman–Crippen MR) is 98.2 cm³/mol. The molecule has 0 spiro atoms. The van der Waals surface area contributed by atoms with Gasteiger partial charge in [-0.1, -0.05) is 24.2 Å². The molecule has 1 aromatic rings. The zero-order valence-corrected chi connectivity index (χ0v) is 16.4. The number of anilines is 1. The molecule has 146 valence electrons. The Morgan fingerprint density at radius 2 is 1.85 bits per heavy atom. The van der Waals surface area contributed by atoms with Gasteiger partial charge in [-0.3, -0.25) is 19.3 Å². The second kappa shape index (κ2) is 7.75. The number of amides is 3. The third-order valence-electron chi connectivity index (χ3n) is 5.13. The molecule has 0 unspecified atom stereocenters. The van der Waals surface area contributed by atoms with Crippen LogP contribution in [0.2, 0.25) is 0 Å². The van der Waals surface area contributed by atoms with Gasteiger partial charge < -0.3 is 10.1 Å². The fourth-order valence-corrected chi connectivity index (χ4v) is 4.60. The van der Waals surface area contributed by atoms with E-state index in [-0.39, 0.29) is 35.4 Å². The summed E-state index contributed by atoms with van der Waals surface area (Å²) in [4.78, 5) is 55.3. The molecule has 9 heteroatoms. The van der Waals surface area contributed by atoms with E-state index in [0.717, 1.165) is 29.1 Å². The van der Waals surface area contributed by atoms with Crippen LogP contribution in [0.25, 0.3) is 0 Å². The largest absolute Gasteiger partial charge is 0.462 e. The van der Waals surface area contributed by atoms with Crippen molar-refractivity contribution in [1.82, 2.24) is 9.88 Å². The summed E-state index contributed by atoms with van der Waals surface area (Å²) >= 11 is 1.01. The van der Waals surface area contributed by atoms with Crippen molar-refractivity contribution in [3.05, 3.63) is 10.6 Å². The molecular formula is C18H23N3O5S. The lowest BCUT2D eigenvalue weighted by molar-refractivity contribution is -0.146. The molecular weight excluding hydrogens is 370 g/mol. The second-order valence-corrected chi connectivity index (χ2v) is 7.86. The molecule has 27 heavy (non-hydrogen) atoms. The average molecular weight is 393 g/mol. The van der Waals surface area contributed by atoms with Gasteiger partial charge in [-0.15, -0.1) is 0 Å². The van der Waals surface area contributed by atoms with Gasteiger partial charge in [0, 0.05) is 0 Å². The van der Waals surface area contributed by atoms with Crippen LogP contribution in [0.3, 0.4) is 0 Å². The number of nitrogens with zero attached hydrogens (tertiary/aromatic N) is 2. The highest BCUT2D eigenvalue weighted by atomic mass is 32.1. The molecule has 2 fully saturated rings. The van der Waals surface area contributed by atoms with Gasteiger partial charge in [-0.25, -0.2) is 9.78 Å². The molecule has 3 amide bonds. The standard InChI is InChI=1S/C18H23N3O5S/c1-4-26-17(25)13-9(2)19-18(27-13)20-14(22)10(3)21-15(23)11-7-5-6-8-12(11)16(21)24/h10-12H,4-8H2,1-3H3,(H,19,20,22)/t10-,11+,12+/m1/s1. The fraction of sp³-hybridized carbons (Fsp3) is 0.611. The summed E-state index contributed by atoms with van der Waals surface area (Å²) in [6.07, 6.45) is 3.27. The first kappa shape index (κ1) is 19.5. The van der Waals surface area contributed by atoms with Crippen LogP contribution in [-0.2, 0) is 19.1 Å². The molecule has 2 heterocycles. The van der Waals surface area contributed by atoms with Gasteiger partial charge in [-0.05, 0) is 33.6 Å². The van der Waals surface area contributed by atoms with Gasteiger partial charge >= 0.3 is 5.97 Å². The number of nitrogens with one attached hydrogen (secondary N) is 1. The number of likely N-dealkylation sites (tertiary alicyclic amines) is 1. The van der Waals surface area contributed by atoms with E-state index < -0.39 is 17.9 Å². The van der Waals surface area contributed by atoms with Crippen LogP contribution in [0.1, 0.15) is 54.9 Å². The number of esters is 1.